The van der Waals surface area contributed by atoms with Crippen LogP contribution in [0.3, 0.4) is 0 Å². The van der Waals surface area contributed by atoms with Gasteiger partial charge in [0.15, 0.2) is 12.2 Å². The van der Waals surface area contributed by atoms with Crippen LogP contribution in [0.25, 0.3) is 0 Å². The topological polar surface area (TPSA) is 135 Å². The number of rotatable bonds is 4. The molecule has 84 valence electrons. The molecule has 2 unspecified atom stereocenters. The Labute approximate surface area is 80.2 Å². The molecule has 0 aromatic rings. The molecular weight excluding hydrogens is 196 g/mol. The fourth-order valence-corrected chi connectivity index (χ4v) is 0.253. The molecule has 14 heavy (non-hydrogen) atoms. The molecule has 0 spiro atoms. The molecule has 2 atom stereocenters. The molecular formula is C7H14O7. The van der Waals surface area contributed by atoms with Crippen molar-refractivity contribution in [3.63, 3.8) is 0 Å². The van der Waals surface area contributed by atoms with Crippen molar-refractivity contribution in [2.45, 2.75) is 25.6 Å². The van der Waals surface area contributed by atoms with Gasteiger partial charge in [0, 0.05) is 0 Å². The minimum absolute atomic E-state index is 0.273. The summed E-state index contributed by atoms with van der Waals surface area (Å²) in [5, 5.41) is 40.0. The van der Waals surface area contributed by atoms with Crippen LogP contribution in [0.4, 0.5) is 0 Å². The highest BCUT2D eigenvalue weighted by Crippen LogP contribution is 1.86. The molecule has 0 rings (SSSR count). The molecule has 5 N–H and O–H groups in total. The highest BCUT2D eigenvalue weighted by Gasteiger charge is 2.09. The average Bonchev–Trinajstić information content (AvgIpc) is 2.15. The monoisotopic (exact) mass is 210 g/mol. The van der Waals surface area contributed by atoms with E-state index in [0.717, 1.165) is 0 Å². The highest BCUT2D eigenvalue weighted by molar-refractivity contribution is 5.72. The van der Waals surface area contributed by atoms with Crippen molar-refractivity contribution in [1.29, 1.82) is 0 Å². The molecule has 0 heterocycles. The van der Waals surface area contributed by atoms with Gasteiger partial charge in [0.25, 0.3) is 0 Å². The van der Waals surface area contributed by atoms with E-state index in [0.29, 0.717) is 0 Å². The number of carbonyl (C=O) groups is 2. The minimum Gasteiger partial charge on any atom is -0.479 e. The van der Waals surface area contributed by atoms with Crippen LogP contribution in [0.2, 0.25) is 0 Å². The van der Waals surface area contributed by atoms with Crippen molar-refractivity contribution >= 4 is 11.9 Å². The Morgan fingerprint density at radius 1 is 1.07 bits per heavy atom. The largest absolute Gasteiger partial charge is 0.479 e. The van der Waals surface area contributed by atoms with Gasteiger partial charge in [-0.15, -0.1) is 0 Å². The molecule has 0 saturated heterocycles. The van der Waals surface area contributed by atoms with Crippen LogP contribution in [0, 0.1) is 0 Å². The molecule has 7 heteroatoms. The van der Waals surface area contributed by atoms with Crippen molar-refractivity contribution < 1.29 is 35.1 Å². The molecule has 0 fully saturated rings. The second kappa shape index (κ2) is 8.42. The lowest BCUT2D eigenvalue weighted by atomic mass is 10.3. The van der Waals surface area contributed by atoms with E-state index in [1.165, 1.54) is 0 Å². The van der Waals surface area contributed by atoms with Crippen LogP contribution in [-0.2, 0) is 9.59 Å². The van der Waals surface area contributed by atoms with Crippen LogP contribution < -0.4 is 0 Å². The lowest BCUT2D eigenvalue weighted by molar-refractivity contribution is -0.148. The summed E-state index contributed by atoms with van der Waals surface area (Å²) < 4.78 is 0. The maximum absolute atomic E-state index is 9.68. The summed E-state index contributed by atoms with van der Waals surface area (Å²) in [5.74, 6) is -2.55. The Hall–Kier alpha value is -1.18. The Morgan fingerprint density at radius 3 is 1.43 bits per heavy atom. The first-order valence-corrected chi connectivity index (χ1v) is 3.79. The number of aliphatic carboxylic acids is 2. The van der Waals surface area contributed by atoms with E-state index in [4.69, 9.17) is 25.5 Å². The Morgan fingerprint density at radius 2 is 1.43 bits per heavy atom. The quantitative estimate of drug-likeness (QED) is 0.372. The number of aliphatic hydroxyl groups excluding tert-OH is 3. The number of hydrogen-bond donors (Lipinski definition) is 5. The van der Waals surface area contributed by atoms with E-state index in [9.17, 15) is 9.59 Å². The van der Waals surface area contributed by atoms with Gasteiger partial charge in [-0.05, 0) is 6.42 Å². The third-order valence-corrected chi connectivity index (χ3v) is 1.13. The van der Waals surface area contributed by atoms with Crippen molar-refractivity contribution in [3.05, 3.63) is 0 Å². The van der Waals surface area contributed by atoms with Crippen LogP contribution in [-0.4, -0.2) is 56.3 Å². The predicted molar refractivity (Wildman–Crippen MR) is 44.7 cm³/mol. The smallest absolute Gasteiger partial charge is 0.334 e. The standard InChI is InChI=1S/C4H8O3.C3H6O4/c1-2-3(5)4(6)7;4-1-2(5)3(6)7/h3,5H,2H2,1H3,(H,6,7);2,4-5H,1H2,(H,6,7). The number of hydrogen-bond acceptors (Lipinski definition) is 5. The minimum atomic E-state index is -1.63. The van der Waals surface area contributed by atoms with Gasteiger partial charge in [-0.25, -0.2) is 9.59 Å². The molecule has 0 aromatic carbocycles. The van der Waals surface area contributed by atoms with E-state index in [-0.39, 0.29) is 6.42 Å². The number of carboxylic acids is 2. The van der Waals surface area contributed by atoms with E-state index in [1.807, 2.05) is 0 Å². The fourth-order valence-electron chi connectivity index (χ4n) is 0.253. The summed E-state index contributed by atoms with van der Waals surface area (Å²) >= 11 is 0. The molecule has 0 amide bonds. The third kappa shape index (κ3) is 8.91. The van der Waals surface area contributed by atoms with E-state index >= 15 is 0 Å². The van der Waals surface area contributed by atoms with Gasteiger partial charge in [-0.3, -0.25) is 0 Å². The van der Waals surface area contributed by atoms with Gasteiger partial charge < -0.3 is 25.5 Å². The van der Waals surface area contributed by atoms with E-state index < -0.39 is 30.8 Å². The lowest BCUT2D eigenvalue weighted by Crippen LogP contribution is -2.22. The van der Waals surface area contributed by atoms with Gasteiger partial charge >= 0.3 is 11.9 Å². The molecule has 0 radical (unpaired) electrons. The zero-order valence-corrected chi connectivity index (χ0v) is 7.62. The zero-order chi connectivity index (χ0) is 11.7. The molecule has 0 aliphatic rings. The highest BCUT2D eigenvalue weighted by atomic mass is 16.4. The summed E-state index contributed by atoms with van der Waals surface area (Å²) in [6, 6.07) is 0. The molecule has 0 aliphatic carbocycles. The number of carboxylic acid groups (broad SMARTS) is 2. The summed E-state index contributed by atoms with van der Waals surface area (Å²) in [7, 11) is 0. The van der Waals surface area contributed by atoms with Crippen molar-refractivity contribution in [1.82, 2.24) is 0 Å². The van der Waals surface area contributed by atoms with Crippen LogP contribution in [0.1, 0.15) is 13.3 Å². The predicted octanol–water partition coefficient (Wildman–Crippen LogP) is -1.73. The summed E-state index contributed by atoms with van der Waals surface area (Å²) in [6.45, 7) is 0.883. The van der Waals surface area contributed by atoms with Crippen LogP contribution >= 0.6 is 0 Å². The molecule has 0 aromatic heterocycles. The average molecular weight is 210 g/mol. The number of aliphatic hydroxyl groups is 3. The van der Waals surface area contributed by atoms with Crippen molar-refractivity contribution in [2.75, 3.05) is 6.61 Å². The summed E-state index contributed by atoms with van der Waals surface area (Å²) in [6.07, 6.45) is -2.53. The van der Waals surface area contributed by atoms with E-state index in [2.05, 4.69) is 0 Å². The Kier molecular flexibility index (Phi) is 9.20. The summed E-state index contributed by atoms with van der Waals surface area (Å²) in [4.78, 5) is 19.2. The summed E-state index contributed by atoms with van der Waals surface area (Å²) in [5.41, 5.74) is 0. The first kappa shape index (κ1) is 15.3. The van der Waals surface area contributed by atoms with Crippen LogP contribution in [0.5, 0.6) is 0 Å². The van der Waals surface area contributed by atoms with Gasteiger partial charge in [-0.2, -0.15) is 0 Å². The van der Waals surface area contributed by atoms with Crippen molar-refractivity contribution in [3.8, 4) is 0 Å². The van der Waals surface area contributed by atoms with Crippen LogP contribution in [0.15, 0.2) is 0 Å². The molecule has 7 nitrogen and oxygen atoms in total. The van der Waals surface area contributed by atoms with Gasteiger partial charge in [0.1, 0.15) is 0 Å². The SMILES string of the molecule is CCC(O)C(=O)O.O=C(O)C(O)CO. The lowest BCUT2D eigenvalue weighted by Gasteiger charge is -1.95. The maximum Gasteiger partial charge on any atom is 0.334 e. The first-order chi connectivity index (χ1) is 6.36. The van der Waals surface area contributed by atoms with Gasteiger partial charge in [-0.1, -0.05) is 6.92 Å². The molecule has 0 saturated carbocycles. The van der Waals surface area contributed by atoms with E-state index in [1.54, 1.807) is 6.92 Å². The van der Waals surface area contributed by atoms with Gasteiger partial charge in [0.2, 0.25) is 0 Å². The van der Waals surface area contributed by atoms with Gasteiger partial charge in [0.05, 0.1) is 6.61 Å². The maximum atomic E-state index is 9.68. The Balaban J connectivity index is 0. The third-order valence-electron chi connectivity index (χ3n) is 1.13. The first-order valence-electron chi connectivity index (χ1n) is 3.79. The molecule has 0 bridgehead atoms. The fraction of sp³-hybridized carbons (Fsp3) is 0.714. The van der Waals surface area contributed by atoms with Crippen molar-refractivity contribution in [2.24, 2.45) is 0 Å². The Bertz CT molecular complexity index is 159. The second-order valence-electron chi connectivity index (χ2n) is 2.30. The second-order valence-corrected chi connectivity index (χ2v) is 2.30. The molecule has 0 aliphatic heterocycles. The normalized spacial score (nSPS) is 13.4. The zero-order valence-electron chi connectivity index (χ0n) is 7.62.